The molecule has 0 radical (unpaired) electrons. The fourth-order valence-corrected chi connectivity index (χ4v) is 2.23. The number of rotatable bonds is 5. The first-order valence-corrected chi connectivity index (χ1v) is 6.89. The second-order valence-corrected chi connectivity index (χ2v) is 4.86. The molecule has 1 heterocycles. The van der Waals surface area contributed by atoms with Gasteiger partial charge in [0.05, 0.1) is 13.2 Å². The van der Waals surface area contributed by atoms with Crippen LogP contribution in [0.25, 0.3) is 0 Å². The fraction of sp³-hybridized carbons (Fsp3) is 0.333. The Bertz CT molecular complexity index is 589. The van der Waals surface area contributed by atoms with Crippen molar-refractivity contribution in [2.75, 3.05) is 13.7 Å². The molecule has 0 spiro atoms. The SMILES string of the molecule is CCNC(c1ccc(Cl)c(C)c1)c1nccnc1OC. The molecule has 1 aromatic carbocycles. The van der Waals surface area contributed by atoms with Crippen LogP contribution in [0.2, 0.25) is 5.02 Å². The van der Waals surface area contributed by atoms with E-state index in [0.29, 0.717) is 5.88 Å². The number of nitrogens with one attached hydrogen (secondary N) is 1. The van der Waals surface area contributed by atoms with E-state index in [4.69, 9.17) is 16.3 Å². The summed E-state index contributed by atoms with van der Waals surface area (Å²) in [7, 11) is 1.60. The van der Waals surface area contributed by atoms with Gasteiger partial charge >= 0.3 is 0 Å². The van der Waals surface area contributed by atoms with Crippen LogP contribution in [-0.4, -0.2) is 23.6 Å². The van der Waals surface area contributed by atoms with Crippen LogP contribution in [0.4, 0.5) is 0 Å². The Morgan fingerprint density at radius 3 is 2.70 bits per heavy atom. The second kappa shape index (κ2) is 6.68. The quantitative estimate of drug-likeness (QED) is 0.919. The van der Waals surface area contributed by atoms with E-state index in [1.807, 2.05) is 19.1 Å². The minimum absolute atomic E-state index is 0.0698. The van der Waals surface area contributed by atoms with Gasteiger partial charge in [0.2, 0.25) is 5.88 Å². The third kappa shape index (κ3) is 3.08. The van der Waals surface area contributed by atoms with E-state index >= 15 is 0 Å². The third-order valence-corrected chi connectivity index (χ3v) is 3.51. The van der Waals surface area contributed by atoms with Crippen LogP contribution in [0.5, 0.6) is 5.88 Å². The number of hydrogen-bond acceptors (Lipinski definition) is 4. The molecule has 1 N–H and O–H groups in total. The Balaban J connectivity index is 2.47. The standard InChI is InChI=1S/C15H18ClN3O/c1-4-17-13(11-5-6-12(16)10(2)9-11)14-15(20-3)19-8-7-18-14/h5-9,13,17H,4H2,1-3H3. The molecule has 4 nitrogen and oxygen atoms in total. The minimum atomic E-state index is -0.0698. The van der Waals surface area contributed by atoms with E-state index in [0.717, 1.165) is 28.4 Å². The zero-order valence-electron chi connectivity index (χ0n) is 11.9. The summed E-state index contributed by atoms with van der Waals surface area (Å²) in [4.78, 5) is 8.63. The predicted molar refractivity (Wildman–Crippen MR) is 80.3 cm³/mol. The summed E-state index contributed by atoms with van der Waals surface area (Å²) in [6, 6.07) is 5.89. The summed E-state index contributed by atoms with van der Waals surface area (Å²) in [5.74, 6) is 0.533. The van der Waals surface area contributed by atoms with Gasteiger partial charge in [-0.1, -0.05) is 30.7 Å². The van der Waals surface area contributed by atoms with Crippen molar-refractivity contribution in [2.24, 2.45) is 0 Å². The average Bonchev–Trinajstić information content (AvgIpc) is 2.48. The van der Waals surface area contributed by atoms with Gasteiger partial charge in [-0.2, -0.15) is 0 Å². The first-order chi connectivity index (χ1) is 9.67. The highest BCUT2D eigenvalue weighted by Gasteiger charge is 2.20. The molecule has 0 bridgehead atoms. The summed E-state index contributed by atoms with van der Waals surface area (Å²) in [6.07, 6.45) is 3.30. The predicted octanol–water partition coefficient (Wildman–Crippen LogP) is 3.15. The smallest absolute Gasteiger partial charge is 0.237 e. The molecule has 0 aliphatic rings. The van der Waals surface area contributed by atoms with E-state index in [1.54, 1.807) is 19.5 Å². The van der Waals surface area contributed by atoms with Gasteiger partial charge in [-0.25, -0.2) is 4.98 Å². The number of halogens is 1. The Morgan fingerprint density at radius 1 is 1.30 bits per heavy atom. The summed E-state index contributed by atoms with van der Waals surface area (Å²) < 4.78 is 5.31. The Labute approximate surface area is 124 Å². The minimum Gasteiger partial charge on any atom is -0.480 e. The van der Waals surface area contributed by atoms with Crippen molar-refractivity contribution in [3.63, 3.8) is 0 Å². The maximum absolute atomic E-state index is 6.09. The average molecular weight is 292 g/mol. The van der Waals surface area contributed by atoms with Crippen molar-refractivity contribution in [1.29, 1.82) is 0 Å². The highest BCUT2D eigenvalue weighted by Crippen LogP contribution is 2.28. The number of nitrogens with zero attached hydrogens (tertiary/aromatic N) is 2. The lowest BCUT2D eigenvalue weighted by molar-refractivity contribution is 0.383. The second-order valence-electron chi connectivity index (χ2n) is 4.45. The van der Waals surface area contributed by atoms with Crippen molar-refractivity contribution in [2.45, 2.75) is 19.9 Å². The lowest BCUT2D eigenvalue weighted by Gasteiger charge is -2.20. The van der Waals surface area contributed by atoms with Crippen molar-refractivity contribution < 1.29 is 4.74 Å². The molecule has 20 heavy (non-hydrogen) atoms. The molecular weight excluding hydrogens is 274 g/mol. The maximum Gasteiger partial charge on any atom is 0.237 e. The number of aromatic nitrogens is 2. The molecule has 5 heteroatoms. The van der Waals surface area contributed by atoms with E-state index in [-0.39, 0.29) is 6.04 Å². The number of aryl methyl sites for hydroxylation is 1. The molecule has 0 aliphatic carbocycles. The first-order valence-electron chi connectivity index (χ1n) is 6.51. The summed E-state index contributed by atoms with van der Waals surface area (Å²) in [5, 5.41) is 4.17. The Hall–Kier alpha value is -1.65. The van der Waals surface area contributed by atoms with Crippen molar-refractivity contribution in [3.8, 4) is 5.88 Å². The maximum atomic E-state index is 6.09. The van der Waals surface area contributed by atoms with Gasteiger partial charge in [-0.3, -0.25) is 4.98 Å². The van der Waals surface area contributed by atoms with Crippen molar-refractivity contribution in [3.05, 3.63) is 52.4 Å². The van der Waals surface area contributed by atoms with Gasteiger partial charge in [0, 0.05) is 17.4 Å². The number of hydrogen-bond donors (Lipinski definition) is 1. The highest BCUT2D eigenvalue weighted by molar-refractivity contribution is 6.31. The molecule has 1 unspecified atom stereocenters. The van der Waals surface area contributed by atoms with Crippen LogP contribution < -0.4 is 10.1 Å². The van der Waals surface area contributed by atoms with Gasteiger partial charge in [-0.05, 0) is 30.7 Å². The Morgan fingerprint density at radius 2 is 2.05 bits per heavy atom. The molecule has 1 aromatic heterocycles. The fourth-order valence-electron chi connectivity index (χ4n) is 2.12. The van der Waals surface area contributed by atoms with Crippen LogP contribution in [0, 0.1) is 6.92 Å². The van der Waals surface area contributed by atoms with Gasteiger partial charge < -0.3 is 10.1 Å². The number of benzene rings is 1. The van der Waals surface area contributed by atoms with Crippen LogP contribution in [0.3, 0.4) is 0 Å². The molecule has 0 saturated carbocycles. The van der Waals surface area contributed by atoms with Crippen molar-refractivity contribution >= 4 is 11.6 Å². The summed E-state index contributed by atoms with van der Waals surface area (Å²) >= 11 is 6.09. The van der Waals surface area contributed by atoms with E-state index in [2.05, 4.69) is 28.3 Å². The molecule has 0 saturated heterocycles. The zero-order valence-corrected chi connectivity index (χ0v) is 12.6. The third-order valence-electron chi connectivity index (χ3n) is 3.08. The molecule has 0 fully saturated rings. The lowest BCUT2D eigenvalue weighted by Crippen LogP contribution is -2.24. The molecule has 2 aromatic rings. The van der Waals surface area contributed by atoms with E-state index in [9.17, 15) is 0 Å². The normalized spacial score (nSPS) is 12.2. The molecule has 0 amide bonds. The summed E-state index contributed by atoms with van der Waals surface area (Å²) in [6.45, 7) is 4.85. The molecule has 2 rings (SSSR count). The highest BCUT2D eigenvalue weighted by atomic mass is 35.5. The monoisotopic (exact) mass is 291 g/mol. The van der Waals surface area contributed by atoms with Gasteiger partial charge in [0.1, 0.15) is 5.69 Å². The largest absolute Gasteiger partial charge is 0.480 e. The van der Waals surface area contributed by atoms with Crippen LogP contribution >= 0.6 is 11.6 Å². The van der Waals surface area contributed by atoms with Gasteiger partial charge in [0.25, 0.3) is 0 Å². The van der Waals surface area contributed by atoms with Gasteiger partial charge in [-0.15, -0.1) is 0 Å². The van der Waals surface area contributed by atoms with E-state index in [1.165, 1.54) is 0 Å². The lowest BCUT2D eigenvalue weighted by atomic mass is 10.0. The first kappa shape index (κ1) is 14.8. The summed E-state index contributed by atoms with van der Waals surface area (Å²) in [5.41, 5.74) is 2.90. The van der Waals surface area contributed by atoms with Crippen LogP contribution in [0.15, 0.2) is 30.6 Å². The topological polar surface area (TPSA) is 47.0 Å². The molecule has 1 atom stereocenters. The molecule has 106 valence electrons. The Kier molecular flexibility index (Phi) is 4.93. The number of methoxy groups -OCH3 is 1. The zero-order chi connectivity index (χ0) is 14.5. The van der Waals surface area contributed by atoms with Gasteiger partial charge in [0.15, 0.2) is 0 Å². The molecular formula is C15H18ClN3O. The molecule has 0 aliphatic heterocycles. The van der Waals surface area contributed by atoms with Crippen LogP contribution in [0.1, 0.15) is 29.8 Å². The van der Waals surface area contributed by atoms with Crippen molar-refractivity contribution in [1.82, 2.24) is 15.3 Å². The van der Waals surface area contributed by atoms with E-state index < -0.39 is 0 Å². The van der Waals surface area contributed by atoms with Crippen LogP contribution in [-0.2, 0) is 0 Å². The number of ether oxygens (including phenoxy) is 1.